The van der Waals surface area contributed by atoms with Gasteiger partial charge >= 0.3 is 0 Å². The zero-order valence-corrected chi connectivity index (χ0v) is 15.5. The average molecular weight is 379 g/mol. The summed E-state index contributed by atoms with van der Waals surface area (Å²) in [6, 6.07) is 11.1. The summed E-state index contributed by atoms with van der Waals surface area (Å²) < 4.78 is 0. The van der Waals surface area contributed by atoms with Gasteiger partial charge in [-0.15, -0.1) is 0 Å². The zero-order chi connectivity index (χ0) is 18.6. The van der Waals surface area contributed by atoms with E-state index in [1.54, 1.807) is 36.9 Å². The van der Waals surface area contributed by atoms with Crippen molar-refractivity contribution < 1.29 is 4.79 Å². The second-order valence-corrected chi connectivity index (χ2v) is 7.10. The Morgan fingerprint density at radius 3 is 2.78 bits per heavy atom. The van der Waals surface area contributed by atoms with Crippen LogP contribution in [0.5, 0.6) is 0 Å². The van der Waals surface area contributed by atoms with Gasteiger partial charge in [0, 0.05) is 53.7 Å². The van der Waals surface area contributed by atoms with E-state index in [1.165, 1.54) is 0 Å². The Labute approximate surface area is 163 Å². The van der Waals surface area contributed by atoms with Gasteiger partial charge in [-0.05, 0) is 37.1 Å². The summed E-state index contributed by atoms with van der Waals surface area (Å²) in [5, 5.41) is 0.673. The van der Waals surface area contributed by atoms with Crippen molar-refractivity contribution in [2.45, 2.75) is 18.8 Å². The van der Waals surface area contributed by atoms with Crippen LogP contribution in [0.4, 0.5) is 0 Å². The van der Waals surface area contributed by atoms with Crippen LogP contribution in [0.15, 0.2) is 61.2 Å². The monoisotopic (exact) mass is 378 g/mol. The van der Waals surface area contributed by atoms with Gasteiger partial charge in [-0.3, -0.25) is 14.8 Å². The molecule has 0 N–H and O–H groups in total. The first-order valence-corrected chi connectivity index (χ1v) is 9.36. The molecule has 4 rings (SSSR count). The molecular formula is C21H19ClN4O. The summed E-state index contributed by atoms with van der Waals surface area (Å²) in [5.74, 6) is 0.220. The van der Waals surface area contributed by atoms with Crippen molar-refractivity contribution in [2.24, 2.45) is 0 Å². The lowest BCUT2D eigenvalue weighted by Gasteiger charge is -2.32. The third-order valence-electron chi connectivity index (χ3n) is 4.83. The van der Waals surface area contributed by atoms with E-state index in [2.05, 4.69) is 9.97 Å². The quantitative estimate of drug-likeness (QED) is 0.685. The van der Waals surface area contributed by atoms with E-state index < -0.39 is 0 Å². The lowest BCUT2D eigenvalue weighted by atomic mass is 9.94. The van der Waals surface area contributed by atoms with E-state index >= 15 is 0 Å². The highest BCUT2D eigenvalue weighted by Gasteiger charge is 2.26. The number of piperidine rings is 1. The Bertz CT molecular complexity index is 948. The predicted molar refractivity (Wildman–Crippen MR) is 105 cm³/mol. The second-order valence-electron chi connectivity index (χ2n) is 6.67. The summed E-state index contributed by atoms with van der Waals surface area (Å²) in [6.45, 7) is 1.41. The molecule has 0 radical (unpaired) electrons. The van der Waals surface area contributed by atoms with Crippen LogP contribution in [0, 0.1) is 0 Å². The topological polar surface area (TPSA) is 59.0 Å². The van der Waals surface area contributed by atoms with E-state index in [9.17, 15) is 4.79 Å². The number of likely N-dealkylation sites (tertiary alicyclic amines) is 1. The highest BCUT2D eigenvalue weighted by molar-refractivity contribution is 6.30. The van der Waals surface area contributed by atoms with E-state index in [0.717, 1.165) is 36.3 Å². The number of hydrogen-bond acceptors (Lipinski definition) is 4. The molecule has 1 amide bonds. The van der Waals surface area contributed by atoms with Crippen molar-refractivity contribution in [3.63, 3.8) is 0 Å². The molecule has 1 aliphatic heterocycles. The van der Waals surface area contributed by atoms with Crippen molar-refractivity contribution in [1.82, 2.24) is 19.9 Å². The molecule has 0 bridgehead atoms. The van der Waals surface area contributed by atoms with E-state index in [-0.39, 0.29) is 11.8 Å². The first-order chi connectivity index (χ1) is 13.2. The maximum atomic E-state index is 12.7. The van der Waals surface area contributed by atoms with Gasteiger partial charge in [0.2, 0.25) is 0 Å². The lowest BCUT2D eigenvalue weighted by molar-refractivity contribution is 0.0705. The van der Waals surface area contributed by atoms with Gasteiger partial charge in [0.15, 0.2) is 0 Å². The number of benzene rings is 1. The van der Waals surface area contributed by atoms with Gasteiger partial charge in [0.25, 0.3) is 5.91 Å². The van der Waals surface area contributed by atoms with E-state index in [0.29, 0.717) is 17.1 Å². The molecule has 0 spiro atoms. The summed E-state index contributed by atoms with van der Waals surface area (Å²) in [4.78, 5) is 27.8. The normalized spacial score (nSPS) is 16.9. The number of amides is 1. The van der Waals surface area contributed by atoms with Crippen LogP contribution in [-0.2, 0) is 0 Å². The van der Waals surface area contributed by atoms with Gasteiger partial charge < -0.3 is 4.90 Å². The lowest BCUT2D eigenvalue weighted by Crippen LogP contribution is -2.39. The van der Waals surface area contributed by atoms with Crippen molar-refractivity contribution in [1.29, 1.82) is 0 Å². The molecule has 0 aliphatic carbocycles. The van der Waals surface area contributed by atoms with Crippen LogP contribution in [-0.4, -0.2) is 38.8 Å². The summed E-state index contributed by atoms with van der Waals surface area (Å²) in [5.41, 5.74) is 3.33. The number of hydrogen-bond donors (Lipinski definition) is 0. The van der Waals surface area contributed by atoms with Gasteiger partial charge in [-0.25, -0.2) is 4.98 Å². The number of pyridine rings is 1. The minimum atomic E-state index is 0.0426. The fraction of sp³-hybridized carbons (Fsp3) is 0.238. The highest BCUT2D eigenvalue weighted by atomic mass is 35.5. The molecule has 136 valence electrons. The SMILES string of the molecule is O=C(c1ccncc1)N1CCC[C@@H](c2cncc(-c3cccc(Cl)c3)n2)C1. The van der Waals surface area contributed by atoms with Crippen molar-refractivity contribution in [3.8, 4) is 11.3 Å². The summed E-state index contributed by atoms with van der Waals surface area (Å²) >= 11 is 6.10. The largest absolute Gasteiger partial charge is 0.338 e. The highest BCUT2D eigenvalue weighted by Crippen LogP contribution is 2.28. The maximum Gasteiger partial charge on any atom is 0.253 e. The maximum absolute atomic E-state index is 12.7. The second kappa shape index (κ2) is 7.84. The molecule has 1 fully saturated rings. The van der Waals surface area contributed by atoms with Crippen LogP contribution in [0.25, 0.3) is 11.3 Å². The van der Waals surface area contributed by atoms with Crippen LogP contribution in [0.2, 0.25) is 5.02 Å². The summed E-state index contributed by atoms with van der Waals surface area (Å²) in [7, 11) is 0. The Kier molecular flexibility index (Phi) is 5.12. The molecule has 0 unspecified atom stereocenters. The van der Waals surface area contributed by atoms with Crippen molar-refractivity contribution >= 4 is 17.5 Å². The minimum Gasteiger partial charge on any atom is -0.338 e. The minimum absolute atomic E-state index is 0.0426. The molecule has 3 aromatic rings. The molecule has 1 saturated heterocycles. The number of carbonyl (C=O) groups is 1. The van der Waals surface area contributed by atoms with Gasteiger partial charge in [-0.2, -0.15) is 0 Å². The fourth-order valence-corrected chi connectivity index (χ4v) is 3.64. The van der Waals surface area contributed by atoms with Crippen LogP contribution < -0.4 is 0 Å². The molecule has 27 heavy (non-hydrogen) atoms. The first-order valence-electron chi connectivity index (χ1n) is 8.98. The van der Waals surface area contributed by atoms with Crippen LogP contribution in [0.3, 0.4) is 0 Å². The third-order valence-corrected chi connectivity index (χ3v) is 5.06. The third kappa shape index (κ3) is 3.98. The molecule has 1 atom stereocenters. The number of rotatable bonds is 3. The Hall–Kier alpha value is -2.79. The molecule has 1 aromatic carbocycles. The van der Waals surface area contributed by atoms with E-state index in [1.807, 2.05) is 29.2 Å². The molecule has 1 aliphatic rings. The van der Waals surface area contributed by atoms with Gasteiger partial charge in [-0.1, -0.05) is 23.7 Å². The zero-order valence-electron chi connectivity index (χ0n) is 14.8. The Morgan fingerprint density at radius 1 is 1.11 bits per heavy atom. The van der Waals surface area contributed by atoms with Crippen molar-refractivity contribution in [3.05, 3.63) is 77.5 Å². The number of carbonyl (C=O) groups excluding carboxylic acids is 1. The Balaban J connectivity index is 1.55. The first kappa shape index (κ1) is 17.6. The number of nitrogens with zero attached hydrogens (tertiary/aromatic N) is 4. The van der Waals surface area contributed by atoms with Crippen LogP contribution >= 0.6 is 11.6 Å². The summed E-state index contributed by atoms with van der Waals surface area (Å²) in [6.07, 6.45) is 8.79. The van der Waals surface area contributed by atoms with Crippen LogP contribution in [0.1, 0.15) is 34.8 Å². The van der Waals surface area contributed by atoms with Gasteiger partial charge in [0.1, 0.15) is 0 Å². The molecule has 6 heteroatoms. The van der Waals surface area contributed by atoms with Gasteiger partial charge in [0.05, 0.1) is 17.6 Å². The molecule has 5 nitrogen and oxygen atoms in total. The smallest absolute Gasteiger partial charge is 0.253 e. The molecule has 0 saturated carbocycles. The fourth-order valence-electron chi connectivity index (χ4n) is 3.44. The Morgan fingerprint density at radius 2 is 1.96 bits per heavy atom. The molecule has 3 heterocycles. The molecular weight excluding hydrogens is 360 g/mol. The molecule has 2 aromatic heterocycles. The average Bonchev–Trinajstić information content (AvgIpc) is 2.74. The number of halogens is 1. The standard InChI is InChI=1S/C21H19ClN4O/c22-18-5-1-3-16(11-18)19-12-24-13-20(25-19)17-4-2-10-26(14-17)21(27)15-6-8-23-9-7-15/h1,3,5-9,11-13,17H,2,4,10,14H2/t17-/m1/s1. The van der Waals surface area contributed by atoms with Crippen molar-refractivity contribution in [2.75, 3.05) is 13.1 Å². The van der Waals surface area contributed by atoms with E-state index in [4.69, 9.17) is 16.6 Å². The number of aromatic nitrogens is 3. The predicted octanol–water partition coefficient (Wildman–Crippen LogP) is 4.21.